The van der Waals surface area contributed by atoms with Crippen LogP contribution < -0.4 is 11.3 Å². The summed E-state index contributed by atoms with van der Waals surface area (Å²) in [5, 5.41) is 0. The molecule has 0 aliphatic rings. The first-order valence-corrected chi connectivity index (χ1v) is 6.89. The van der Waals surface area contributed by atoms with Crippen molar-refractivity contribution in [3.8, 4) is 0 Å². The number of nitrogens with two attached hydrogens (primary N) is 1. The average Bonchev–Trinajstić information content (AvgIpc) is 2.71. The summed E-state index contributed by atoms with van der Waals surface area (Å²) < 4.78 is 4.14. The Hall–Kier alpha value is -0.440. The van der Waals surface area contributed by atoms with Crippen LogP contribution >= 0.6 is 38.5 Å². The molecule has 2 rings (SSSR count). The van der Waals surface area contributed by atoms with Gasteiger partial charge in [0.05, 0.1) is 0 Å². The van der Waals surface area contributed by atoms with Crippen molar-refractivity contribution in [1.82, 2.24) is 15.0 Å². The zero-order valence-corrected chi connectivity index (χ0v) is 12.9. The number of rotatable bonds is 3. The van der Waals surface area contributed by atoms with Crippen LogP contribution in [0.15, 0.2) is 35.1 Å². The molecule has 90 valence electrons. The number of halogens is 2. The quantitative estimate of drug-likeness (QED) is 0.467. The van der Waals surface area contributed by atoms with E-state index in [0.717, 1.165) is 19.4 Å². The molecule has 4 nitrogen and oxygen atoms in total. The van der Waals surface area contributed by atoms with Gasteiger partial charge in [-0.3, -0.25) is 5.84 Å². The van der Waals surface area contributed by atoms with E-state index < -0.39 is 0 Å². The highest BCUT2D eigenvalue weighted by atomic mass is 127. The van der Waals surface area contributed by atoms with Crippen LogP contribution in [0.25, 0.3) is 0 Å². The first-order chi connectivity index (χ1) is 8.13. The Labute approximate surface area is 122 Å². The molecule has 1 aromatic carbocycles. The van der Waals surface area contributed by atoms with Crippen molar-refractivity contribution < 1.29 is 0 Å². The van der Waals surface area contributed by atoms with Gasteiger partial charge in [-0.2, -0.15) is 0 Å². The van der Waals surface area contributed by atoms with Crippen LogP contribution in [0.4, 0.5) is 0 Å². The normalized spacial score (nSPS) is 12.7. The van der Waals surface area contributed by atoms with Crippen LogP contribution in [0.1, 0.15) is 17.4 Å². The third-order valence-electron chi connectivity index (χ3n) is 2.55. The van der Waals surface area contributed by atoms with E-state index in [4.69, 9.17) is 5.84 Å². The predicted molar refractivity (Wildman–Crippen MR) is 79.2 cm³/mol. The summed E-state index contributed by atoms with van der Waals surface area (Å²) in [6.45, 7) is 0. The molecule has 1 heterocycles. The zero-order valence-electron chi connectivity index (χ0n) is 9.19. The minimum absolute atomic E-state index is 0.112. The Bertz CT molecular complexity index is 526. The third-order valence-corrected chi connectivity index (χ3v) is 4.03. The summed E-state index contributed by atoms with van der Waals surface area (Å²) in [6.07, 6.45) is 3.68. The van der Waals surface area contributed by atoms with Crippen molar-refractivity contribution in [2.45, 2.75) is 6.04 Å². The highest BCUT2D eigenvalue weighted by molar-refractivity contribution is 14.1. The molecule has 1 atom stereocenters. The van der Waals surface area contributed by atoms with E-state index in [1.54, 1.807) is 6.20 Å². The lowest BCUT2D eigenvalue weighted by Gasteiger charge is -2.18. The average molecular weight is 407 g/mol. The molecule has 0 fully saturated rings. The maximum Gasteiger partial charge on any atom is 0.131 e. The molecule has 0 saturated carbocycles. The van der Waals surface area contributed by atoms with Gasteiger partial charge in [0, 0.05) is 27.5 Å². The number of nitrogens with one attached hydrogen (secondary N) is 1. The van der Waals surface area contributed by atoms with Gasteiger partial charge < -0.3 is 4.57 Å². The second kappa shape index (κ2) is 5.47. The first kappa shape index (κ1) is 13.0. The van der Waals surface area contributed by atoms with E-state index in [-0.39, 0.29) is 6.04 Å². The maximum atomic E-state index is 5.66. The monoisotopic (exact) mass is 406 g/mol. The number of nitrogens with zero attached hydrogens (tertiary/aromatic N) is 2. The largest absolute Gasteiger partial charge is 0.336 e. The fourth-order valence-corrected chi connectivity index (χ4v) is 2.72. The van der Waals surface area contributed by atoms with Crippen molar-refractivity contribution in [3.05, 3.63) is 50.0 Å². The summed E-state index contributed by atoms with van der Waals surface area (Å²) in [6, 6.07) is 6.00. The summed E-state index contributed by atoms with van der Waals surface area (Å²) in [5.74, 6) is 6.55. The van der Waals surface area contributed by atoms with Crippen molar-refractivity contribution in [3.63, 3.8) is 0 Å². The maximum absolute atomic E-state index is 5.66. The van der Waals surface area contributed by atoms with Crippen molar-refractivity contribution in [2.24, 2.45) is 12.9 Å². The standard InChI is InChI=1S/C11H12BrIN4/c1-17-5-4-15-11(17)10(16-14)8-6-7(12)2-3-9(8)13/h2-6,10,16H,14H2,1H3. The van der Waals surface area contributed by atoms with Crippen molar-refractivity contribution in [2.75, 3.05) is 0 Å². The highest BCUT2D eigenvalue weighted by Gasteiger charge is 2.19. The molecule has 0 radical (unpaired) electrons. The lowest BCUT2D eigenvalue weighted by Crippen LogP contribution is -2.31. The molecule has 0 amide bonds. The van der Waals surface area contributed by atoms with Gasteiger partial charge in [-0.25, -0.2) is 10.4 Å². The minimum atomic E-state index is -0.112. The van der Waals surface area contributed by atoms with Gasteiger partial charge >= 0.3 is 0 Å². The predicted octanol–water partition coefficient (Wildman–Crippen LogP) is 2.34. The minimum Gasteiger partial charge on any atom is -0.336 e. The fourth-order valence-electron chi connectivity index (χ4n) is 1.69. The number of hydrazine groups is 1. The fraction of sp³-hybridized carbons (Fsp3) is 0.182. The lowest BCUT2D eigenvalue weighted by molar-refractivity contribution is 0.578. The smallest absolute Gasteiger partial charge is 0.131 e. The lowest BCUT2D eigenvalue weighted by atomic mass is 10.1. The van der Waals surface area contributed by atoms with Gasteiger partial charge in [-0.15, -0.1) is 0 Å². The Morgan fingerprint density at radius 1 is 1.53 bits per heavy atom. The SMILES string of the molecule is Cn1ccnc1C(NN)c1cc(Br)ccc1I. The second-order valence-electron chi connectivity index (χ2n) is 3.66. The number of aryl methyl sites for hydroxylation is 1. The molecule has 17 heavy (non-hydrogen) atoms. The van der Waals surface area contributed by atoms with Gasteiger partial charge in [0.1, 0.15) is 11.9 Å². The molecule has 3 N–H and O–H groups in total. The molecular formula is C11H12BrIN4. The van der Waals surface area contributed by atoms with Crippen LogP contribution in [0.2, 0.25) is 0 Å². The van der Waals surface area contributed by atoms with Gasteiger partial charge in [0.25, 0.3) is 0 Å². The molecule has 2 aromatic rings. The van der Waals surface area contributed by atoms with Crippen molar-refractivity contribution in [1.29, 1.82) is 0 Å². The molecule has 0 bridgehead atoms. The Balaban J connectivity index is 2.49. The van der Waals surface area contributed by atoms with Crippen LogP contribution in [-0.2, 0) is 7.05 Å². The summed E-state index contributed by atoms with van der Waals surface area (Å²) in [4.78, 5) is 4.34. The third kappa shape index (κ3) is 2.70. The molecule has 1 unspecified atom stereocenters. The van der Waals surface area contributed by atoms with Crippen LogP contribution in [0, 0.1) is 3.57 Å². The molecule has 6 heteroatoms. The summed E-state index contributed by atoms with van der Waals surface area (Å²) >= 11 is 5.78. The van der Waals surface area contributed by atoms with E-state index in [1.165, 1.54) is 0 Å². The van der Waals surface area contributed by atoms with E-state index >= 15 is 0 Å². The van der Waals surface area contributed by atoms with Crippen molar-refractivity contribution >= 4 is 38.5 Å². The first-order valence-electron chi connectivity index (χ1n) is 5.01. The molecule has 1 aromatic heterocycles. The van der Waals surface area contributed by atoms with Gasteiger partial charge in [0.2, 0.25) is 0 Å². The molecule has 0 aliphatic heterocycles. The Morgan fingerprint density at radius 3 is 2.88 bits per heavy atom. The topological polar surface area (TPSA) is 55.9 Å². The Morgan fingerprint density at radius 2 is 2.29 bits per heavy atom. The van der Waals surface area contributed by atoms with Gasteiger partial charge in [-0.1, -0.05) is 15.9 Å². The van der Waals surface area contributed by atoms with E-state index in [9.17, 15) is 0 Å². The summed E-state index contributed by atoms with van der Waals surface area (Å²) in [7, 11) is 1.96. The number of aromatic nitrogens is 2. The highest BCUT2D eigenvalue weighted by Crippen LogP contribution is 2.27. The Kier molecular flexibility index (Phi) is 4.18. The summed E-state index contributed by atoms with van der Waals surface area (Å²) in [5.41, 5.74) is 3.93. The van der Waals surface area contributed by atoms with E-state index in [1.807, 2.05) is 29.9 Å². The number of benzene rings is 1. The molecule has 0 aliphatic carbocycles. The van der Waals surface area contributed by atoms with Crippen LogP contribution in [0.3, 0.4) is 0 Å². The van der Waals surface area contributed by atoms with Gasteiger partial charge in [0.15, 0.2) is 0 Å². The number of imidazole rings is 1. The molecule has 0 spiro atoms. The van der Waals surface area contributed by atoms with Crippen LogP contribution in [-0.4, -0.2) is 9.55 Å². The van der Waals surface area contributed by atoms with E-state index in [0.29, 0.717) is 0 Å². The second-order valence-corrected chi connectivity index (χ2v) is 5.74. The molecular weight excluding hydrogens is 395 g/mol. The number of hydrogen-bond acceptors (Lipinski definition) is 3. The number of hydrogen-bond donors (Lipinski definition) is 2. The van der Waals surface area contributed by atoms with Gasteiger partial charge in [-0.05, 0) is 46.4 Å². The van der Waals surface area contributed by atoms with Crippen LogP contribution in [0.5, 0.6) is 0 Å². The molecule has 0 saturated heterocycles. The zero-order chi connectivity index (χ0) is 12.4. The van der Waals surface area contributed by atoms with E-state index in [2.05, 4.69) is 55.0 Å².